The van der Waals surface area contributed by atoms with E-state index in [1.165, 1.54) is 6.92 Å². The Kier molecular flexibility index (Phi) is 7.70. The summed E-state index contributed by atoms with van der Waals surface area (Å²) in [6.07, 6.45) is 3.03. The van der Waals surface area contributed by atoms with Gasteiger partial charge in [-0.25, -0.2) is 8.42 Å². The fraction of sp³-hybridized carbons (Fsp3) is 0.500. The van der Waals surface area contributed by atoms with Crippen molar-refractivity contribution in [3.63, 3.8) is 0 Å². The van der Waals surface area contributed by atoms with Crippen molar-refractivity contribution in [3.05, 3.63) is 24.3 Å². The highest BCUT2D eigenvalue weighted by molar-refractivity contribution is 7.92. The van der Waals surface area contributed by atoms with Gasteiger partial charge in [0.15, 0.2) is 0 Å². The topological polar surface area (TPSA) is 95.6 Å². The Morgan fingerprint density at radius 2 is 1.96 bits per heavy atom. The second-order valence-electron chi connectivity index (χ2n) is 5.52. The number of carbonyl (C=O) groups is 2. The summed E-state index contributed by atoms with van der Waals surface area (Å²) in [5, 5.41) is 5.37. The lowest BCUT2D eigenvalue weighted by molar-refractivity contribution is -0.120. The Bertz CT molecular complexity index is 674. The summed E-state index contributed by atoms with van der Waals surface area (Å²) in [7, 11) is -3.54. The summed E-state index contributed by atoms with van der Waals surface area (Å²) < 4.78 is 25.3. The number of nitrogens with one attached hydrogen (secondary N) is 2. The molecular formula is C16H25N3O4S. The van der Waals surface area contributed by atoms with Crippen LogP contribution in [0.15, 0.2) is 24.3 Å². The first-order valence-corrected chi connectivity index (χ1v) is 9.71. The molecule has 0 spiro atoms. The molecule has 0 bridgehead atoms. The Hall–Kier alpha value is -2.09. The highest BCUT2D eigenvalue weighted by atomic mass is 32.2. The van der Waals surface area contributed by atoms with Crippen molar-refractivity contribution in [3.8, 4) is 0 Å². The Morgan fingerprint density at radius 1 is 1.25 bits per heavy atom. The molecule has 0 saturated carbocycles. The number of hydrogen-bond acceptors (Lipinski definition) is 4. The molecule has 0 aliphatic rings. The van der Waals surface area contributed by atoms with Crippen LogP contribution in [-0.4, -0.2) is 39.6 Å². The van der Waals surface area contributed by atoms with Gasteiger partial charge in [-0.1, -0.05) is 19.4 Å². The predicted octanol–water partition coefficient (Wildman–Crippen LogP) is 1.72. The van der Waals surface area contributed by atoms with Gasteiger partial charge in [0, 0.05) is 32.1 Å². The number of nitrogens with zero attached hydrogens (tertiary/aromatic N) is 1. The number of carbonyl (C=O) groups excluding carboxylic acids is 2. The minimum Gasteiger partial charge on any atom is -0.356 e. The summed E-state index contributed by atoms with van der Waals surface area (Å²) in [5.41, 5.74) is 0.908. The normalized spacial score (nSPS) is 11.0. The van der Waals surface area contributed by atoms with E-state index in [-0.39, 0.29) is 24.8 Å². The van der Waals surface area contributed by atoms with Gasteiger partial charge in [0.2, 0.25) is 21.8 Å². The van der Waals surface area contributed by atoms with E-state index in [1.54, 1.807) is 24.3 Å². The maximum Gasteiger partial charge on any atom is 0.232 e. The summed E-state index contributed by atoms with van der Waals surface area (Å²) >= 11 is 0. The van der Waals surface area contributed by atoms with Crippen molar-refractivity contribution in [1.29, 1.82) is 0 Å². The van der Waals surface area contributed by atoms with E-state index in [2.05, 4.69) is 10.6 Å². The summed E-state index contributed by atoms with van der Waals surface area (Å²) in [4.78, 5) is 22.9. The maximum atomic E-state index is 12.0. The largest absolute Gasteiger partial charge is 0.356 e. The molecular weight excluding hydrogens is 330 g/mol. The standard InChI is InChI=1S/C16H25N3O4S/c1-4-5-10-17-16(21)9-11-19(24(3,22)23)15-8-6-7-14(12-15)18-13(2)20/h6-8,12H,4-5,9-11H2,1-3H3,(H,17,21)(H,18,20). The monoisotopic (exact) mass is 355 g/mol. The minimum absolute atomic E-state index is 0.0420. The number of rotatable bonds is 9. The first-order valence-electron chi connectivity index (χ1n) is 7.86. The lowest BCUT2D eigenvalue weighted by Crippen LogP contribution is -2.35. The molecule has 2 N–H and O–H groups in total. The zero-order chi connectivity index (χ0) is 18.2. The van der Waals surface area contributed by atoms with E-state index in [1.807, 2.05) is 6.92 Å². The lowest BCUT2D eigenvalue weighted by atomic mass is 10.2. The van der Waals surface area contributed by atoms with Gasteiger partial charge in [0.05, 0.1) is 11.9 Å². The molecule has 2 amide bonds. The van der Waals surface area contributed by atoms with Crippen LogP contribution in [0.3, 0.4) is 0 Å². The van der Waals surface area contributed by atoms with Crippen molar-refractivity contribution in [2.24, 2.45) is 0 Å². The van der Waals surface area contributed by atoms with Gasteiger partial charge in [-0.3, -0.25) is 13.9 Å². The maximum absolute atomic E-state index is 12.0. The van der Waals surface area contributed by atoms with Crippen LogP contribution in [0, 0.1) is 0 Å². The van der Waals surface area contributed by atoms with E-state index in [4.69, 9.17) is 0 Å². The molecule has 24 heavy (non-hydrogen) atoms. The molecule has 0 unspecified atom stereocenters. The van der Waals surface area contributed by atoms with Gasteiger partial charge in [-0.05, 0) is 24.6 Å². The van der Waals surface area contributed by atoms with Crippen LogP contribution in [0.4, 0.5) is 11.4 Å². The predicted molar refractivity (Wildman–Crippen MR) is 95.5 cm³/mol. The molecule has 0 aliphatic carbocycles. The smallest absolute Gasteiger partial charge is 0.232 e. The number of anilines is 2. The molecule has 1 rings (SSSR count). The second-order valence-corrected chi connectivity index (χ2v) is 7.43. The SMILES string of the molecule is CCCCNC(=O)CCN(c1cccc(NC(C)=O)c1)S(C)(=O)=O. The van der Waals surface area contributed by atoms with Gasteiger partial charge in [-0.15, -0.1) is 0 Å². The van der Waals surface area contributed by atoms with Crippen molar-refractivity contribution in [1.82, 2.24) is 5.32 Å². The molecule has 0 saturated heterocycles. The van der Waals surface area contributed by atoms with Gasteiger partial charge in [0.1, 0.15) is 0 Å². The number of sulfonamides is 1. The molecule has 1 aromatic carbocycles. The zero-order valence-electron chi connectivity index (χ0n) is 14.3. The molecule has 7 nitrogen and oxygen atoms in total. The number of hydrogen-bond donors (Lipinski definition) is 2. The zero-order valence-corrected chi connectivity index (χ0v) is 15.1. The van der Waals surface area contributed by atoms with Crippen LogP contribution in [0.1, 0.15) is 33.1 Å². The van der Waals surface area contributed by atoms with Gasteiger partial charge >= 0.3 is 0 Å². The average molecular weight is 355 g/mol. The van der Waals surface area contributed by atoms with Crippen molar-refractivity contribution < 1.29 is 18.0 Å². The van der Waals surface area contributed by atoms with Crippen LogP contribution in [-0.2, 0) is 19.6 Å². The minimum atomic E-state index is -3.54. The van der Waals surface area contributed by atoms with E-state index in [9.17, 15) is 18.0 Å². The Balaban J connectivity index is 2.83. The van der Waals surface area contributed by atoms with Crippen LogP contribution in [0.25, 0.3) is 0 Å². The first kappa shape index (κ1) is 20.0. The van der Waals surface area contributed by atoms with E-state index < -0.39 is 10.0 Å². The fourth-order valence-corrected chi connectivity index (χ4v) is 3.04. The second kappa shape index (κ2) is 9.27. The van der Waals surface area contributed by atoms with E-state index in [0.29, 0.717) is 17.9 Å². The fourth-order valence-electron chi connectivity index (χ4n) is 2.12. The van der Waals surface area contributed by atoms with E-state index in [0.717, 1.165) is 23.4 Å². The molecule has 1 aromatic rings. The summed E-state index contributed by atoms with van der Waals surface area (Å²) in [5.74, 6) is -0.427. The van der Waals surface area contributed by atoms with Crippen LogP contribution >= 0.6 is 0 Å². The molecule has 0 aromatic heterocycles. The van der Waals surface area contributed by atoms with Gasteiger partial charge in [-0.2, -0.15) is 0 Å². The van der Waals surface area contributed by atoms with Gasteiger partial charge < -0.3 is 10.6 Å². The molecule has 134 valence electrons. The number of amides is 2. The molecule has 0 fully saturated rings. The van der Waals surface area contributed by atoms with Crippen LogP contribution < -0.4 is 14.9 Å². The third kappa shape index (κ3) is 6.99. The molecule has 0 atom stereocenters. The Morgan fingerprint density at radius 3 is 2.54 bits per heavy atom. The van der Waals surface area contributed by atoms with Crippen molar-refractivity contribution in [2.75, 3.05) is 29.0 Å². The van der Waals surface area contributed by atoms with Crippen LogP contribution in [0.2, 0.25) is 0 Å². The highest BCUT2D eigenvalue weighted by Gasteiger charge is 2.19. The first-order chi connectivity index (χ1) is 11.2. The summed E-state index contributed by atoms with van der Waals surface area (Å²) in [6.45, 7) is 4.04. The average Bonchev–Trinajstić information content (AvgIpc) is 2.46. The molecule has 0 aliphatic heterocycles. The van der Waals surface area contributed by atoms with Crippen LogP contribution in [0.5, 0.6) is 0 Å². The number of unbranched alkanes of at least 4 members (excludes halogenated alkanes) is 1. The quantitative estimate of drug-likeness (QED) is 0.659. The third-order valence-corrected chi connectivity index (χ3v) is 4.44. The molecule has 0 heterocycles. The highest BCUT2D eigenvalue weighted by Crippen LogP contribution is 2.22. The number of benzene rings is 1. The molecule has 8 heteroatoms. The van der Waals surface area contributed by atoms with Crippen molar-refractivity contribution >= 4 is 33.2 Å². The van der Waals surface area contributed by atoms with E-state index >= 15 is 0 Å². The lowest BCUT2D eigenvalue weighted by Gasteiger charge is -2.22. The Labute approximate surface area is 143 Å². The van der Waals surface area contributed by atoms with Gasteiger partial charge in [0.25, 0.3) is 0 Å². The third-order valence-electron chi connectivity index (χ3n) is 3.25. The van der Waals surface area contributed by atoms with Crippen molar-refractivity contribution in [2.45, 2.75) is 33.1 Å². The summed E-state index contributed by atoms with van der Waals surface area (Å²) in [6, 6.07) is 6.52. The molecule has 0 radical (unpaired) electrons.